The van der Waals surface area contributed by atoms with Crippen LogP contribution in [0.15, 0.2) is 12.4 Å². The molecule has 0 spiro atoms. The number of hydrogen-bond donors (Lipinski definition) is 3. The molecular weight excluding hydrogens is 270 g/mol. The molecule has 1 aromatic heterocycles. The van der Waals surface area contributed by atoms with E-state index in [-0.39, 0.29) is 24.4 Å². The lowest BCUT2D eigenvalue weighted by atomic mass is 9.90. The Morgan fingerprint density at radius 2 is 2.33 bits per heavy atom. The van der Waals surface area contributed by atoms with Crippen LogP contribution in [-0.4, -0.2) is 41.2 Å². The molecule has 1 aliphatic heterocycles. The van der Waals surface area contributed by atoms with Crippen molar-refractivity contribution >= 4 is 17.5 Å². The van der Waals surface area contributed by atoms with Crippen molar-refractivity contribution in [1.29, 1.82) is 0 Å². The Kier molecular flexibility index (Phi) is 5.32. The van der Waals surface area contributed by atoms with Gasteiger partial charge in [0.25, 0.3) is 0 Å². The first-order valence-corrected chi connectivity index (χ1v) is 7.39. The van der Waals surface area contributed by atoms with Crippen LogP contribution < -0.4 is 16.0 Å². The van der Waals surface area contributed by atoms with E-state index in [1.54, 1.807) is 19.4 Å². The predicted octanol–water partition coefficient (Wildman–Crippen LogP) is 0.346. The van der Waals surface area contributed by atoms with Gasteiger partial charge in [0.1, 0.15) is 6.54 Å². The van der Waals surface area contributed by atoms with E-state index in [4.69, 9.17) is 0 Å². The number of anilines is 1. The summed E-state index contributed by atoms with van der Waals surface area (Å²) in [5.41, 5.74) is 0.615. The smallest absolute Gasteiger partial charge is 0.241 e. The van der Waals surface area contributed by atoms with E-state index < -0.39 is 0 Å². The lowest BCUT2D eigenvalue weighted by molar-refractivity contribution is -0.121. The average Bonchev–Trinajstić information content (AvgIpc) is 2.94. The van der Waals surface area contributed by atoms with Crippen molar-refractivity contribution in [3.05, 3.63) is 12.4 Å². The molecule has 2 unspecified atom stereocenters. The van der Waals surface area contributed by atoms with Gasteiger partial charge in [0, 0.05) is 13.2 Å². The predicted molar refractivity (Wildman–Crippen MR) is 79.7 cm³/mol. The van der Waals surface area contributed by atoms with Gasteiger partial charge < -0.3 is 16.0 Å². The highest BCUT2D eigenvalue weighted by molar-refractivity contribution is 5.94. The number of carbonyl (C=O) groups excluding carboxylic acids is 2. The summed E-state index contributed by atoms with van der Waals surface area (Å²) in [5, 5.41) is 12.7. The zero-order chi connectivity index (χ0) is 15.2. The Morgan fingerprint density at radius 3 is 3.05 bits per heavy atom. The topological polar surface area (TPSA) is 88.1 Å². The van der Waals surface area contributed by atoms with Crippen LogP contribution in [0, 0.1) is 5.92 Å². The summed E-state index contributed by atoms with van der Waals surface area (Å²) in [6.07, 6.45) is 6.32. The zero-order valence-electron chi connectivity index (χ0n) is 12.6. The van der Waals surface area contributed by atoms with Crippen LogP contribution in [0.3, 0.4) is 0 Å². The van der Waals surface area contributed by atoms with Gasteiger partial charge in [-0.3, -0.25) is 14.3 Å². The van der Waals surface area contributed by atoms with Crippen molar-refractivity contribution in [3.8, 4) is 0 Å². The van der Waals surface area contributed by atoms with Crippen LogP contribution >= 0.6 is 0 Å². The van der Waals surface area contributed by atoms with Gasteiger partial charge in [-0.05, 0) is 25.3 Å². The maximum Gasteiger partial charge on any atom is 0.241 e. The van der Waals surface area contributed by atoms with Crippen LogP contribution in [0.2, 0.25) is 0 Å². The third-order valence-electron chi connectivity index (χ3n) is 3.89. The number of carbonyl (C=O) groups is 2. The summed E-state index contributed by atoms with van der Waals surface area (Å²) in [6, 6.07) is -0.147. The zero-order valence-corrected chi connectivity index (χ0v) is 12.6. The van der Waals surface area contributed by atoms with Gasteiger partial charge in [-0.1, -0.05) is 13.3 Å². The molecule has 116 valence electrons. The fraction of sp³-hybridized carbons (Fsp3) is 0.643. The third kappa shape index (κ3) is 4.29. The molecule has 21 heavy (non-hydrogen) atoms. The summed E-state index contributed by atoms with van der Waals surface area (Å²) in [6.45, 7) is 3.19. The number of likely N-dealkylation sites (N-methyl/N-ethyl adjacent to an activating group) is 1. The molecule has 7 heteroatoms. The van der Waals surface area contributed by atoms with Gasteiger partial charge in [0.05, 0.1) is 17.9 Å². The number of piperidine rings is 1. The van der Waals surface area contributed by atoms with E-state index in [1.165, 1.54) is 4.68 Å². The average molecular weight is 293 g/mol. The van der Waals surface area contributed by atoms with Gasteiger partial charge in [-0.25, -0.2) is 0 Å². The SMILES string of the molecule is CCC1CCNC(C(=O)Nc2cnn(CC(=O)NC)c2)C1. The largest absolute Gasteiger partial charge is 0.358 e. The molecule has 1 fully saturated rings. The first kappa shape index (κ1) is 15.5. The third-order valence-corrected chi connectivity index (χ3v) is 3.89. The normalized spacial score (nSPS) is 21.8. The monoisotopic (exact) mass is 293 g/mol. The number of nitrogens with zero attached hydrogens (tertiary/aromatic N) is 2. The van der Waals surface area contributed by atoms with Crippen LogP contribution in [0.5, 0.6) is 0 Å². The summed E-state index contributed by atoms with van der Waals surface area (Å²) < 4.78 is 1.50. The molecule has 0 saturated carbocycles. The number of rotatable bonds is 5. The molecule has 1 aliphatic rings. The molecule has 2 amide bonds. The highest BCUT2D eigenvalue weighted by atomic mass is 16.2. The Bertz CT molecular complexity index is 499. The Balaban J connectivity index is 1.89. The van der Waals surface area contributed by atoms with Crippen LogP contribution in [-0.2, 0) is 16.1 Å². The van der Waals surface area contributed by atoms with Gasteiger partial charge >= 0.3 is 0 Å². The van der Waals surface area contributed by atoms with Gasteiger partial charge in [-0.15, -0.1) is 0 Å². The maximum absolute atomic E-state index is 12.2. The van der Waals surface area contributed by atoms with Gasteiger partial charge in [0.15, 0.2) is 0 Å². The molecule has 0 bridgehead atoms. The van der Waals surface area contributed by atoms with E-state index in [9.17, 15) is 9.59 Å². The van der Waals surface area contributed by atoms with E-state index in [1.807, 2.05) is 0 Å². The van der Waals surface area contributed by atoms with Crippen LogP contribution in [0.1, 0.15) is 26.2 Å². The second kappa shape index (κ2) is 7.21. The van der Waals surface area contributed by atoms with Gasteiger partial charge in [-0.2, -0.15) is 5.10 Å². The van der Waals surface area contributed by atoms with E-state index in [2.05, 4.69) is 28.0 Å². The maximum atomic E-state index is 12.2. The first-order chi connectivity index (χ1) is 10.1. The minimum absolute atomic E-state index is 0.0346. The van der Waals surface area contributed by atoms with Crippen molar-refractivity contribution in [2.24, 2.45) is 5.92 Å². The standard InChI is InChI=1S/C14H23N5O2/c1-3-10-4-5-16-12(6-10)14(21)18-11-7-17-19(8-11)9-13(20)15-2/h7-8,10,12,16H,3-6,9H2,1-2H3,(H,15,20)(H,18,21). The molecule has 3 N–H and O–H groups in total. The highest BCUT2D eigenvalue weighted by Gasteiger charge is 2.26. The van der Waals surface area contributed by atoms with Crippen LogP contribution in [0.25, 0.3) is 0 Å². The molecular formula is C14H23N5O2. The van der Waals surface area contributed by atoms with Gasteiger partial charge in [0.2, 0.25) is 11.8 Å². The molecule has 0 aromatic carbocycles. The number of amides is 2. The fourth-order valence-electron chi connectivity index (χ4n) is 2.54. The van der Waals surface area contributed by atoms with Crippen LogP contribution in [0.4, 0.5) is 5.69 Å². The quantitative estimate of drug-likeness (QED) is 0.731. The summed E-state index contributed by atoms with van der Waals surface area (Å²) in [4.78, 5) is 23.5. The van der Waals surface area contributed by atoms with Crippen molar-refractivity contribution in [2.45, 2.75) is 38.8 Å². The molecule has 2 atom stereocenters. The van der Waals surface area contributed by atoms with Crippen molar-refractivity contribution in [2.75, 3.05) is 18.9 Å². The lowest BCUT2D eigenvalue weighted by Crippen LogP contribution is -2.46. The molecule has 1 aromatic rings. The number of aromatic nitrogens is 2. The number of hydrogen-bond acceptors (Lipinski definition) is 4. The first-order valence-electron chi connectivity index (χ1n) is 7.39. The lowest BCUT2D eigenvalue weighted by Gasteiger charge is -2.28. The summed E-state index contributed by atoms with van der Waals surface area (Å²) in [5.74, 6) is 0.446. The Labute approximate surface area is 124 Å². The van der Waals surface area contributed by atoms with E-state index in [0.29, 0.717) is 11.6 Å². The number of nitrogens with one attached hydrogen (secondary N) is 3. The van der Waals surface area contributed by atoms with E-state index in [0.717, 1.165) is 25.8 Å². The molecule has 0 aliphatic carbocycles. The molecule has 7 nitrogen and oxygen atoms in total. The Morgan fingerprint density at radius 1 is 1.52 bits per heavy atom. The van der Waals surface area contributed by atoms with Crippen molar-refractivity contribution in [3.63, 3.8) is 0 Å². The second-order valence-corrected chi connectivity index (χ2v) is 5.39. The molecule has 0 radical (unpaired) electrons. The van der Waals surface area contributed by atoms with Crippen molar-refractivity contribution < 1.29 is 9.59 Å². The Hall–Kier alpha value is -1.89. The molecule has 2 rings (SSSR count). The minimum atomic E-state index is -0.147. The highest BCUT2D eigenvalue weighted by Crippen LogP contribution is 2.20. The molecule has 1 saturated heterocycles. The second-order valence-electron chi connectivity index (χ2n) is 5.39. The van der Waals surface area contributed by atoms with E-state index >= 15 is 0 Å². The minimum Gasteiger partial charge on any atom is -0.358 e. The summed E-state index contributed by atoms with van der Waals surface area (Å²) >= 11 is 0. The fourth-order valence-corrected chi connectivity index (χ4v) is 2.54. The summed E-state index contributed by atoms with van der Waals surface area (Å²) in [7, 11) is 1.58. The van der Waals surface area contributed by atoms with Crippen molar-refractivity contribution in [1.82, 2.24) is 20.4 Å². The molecule has 2 heterocycles.